The average Bonchev–Trinajstić information content (AvgIpc) is 2.88. The first-order valence-electron chi connectivity index (χ1n) is 6.85. The standard InChI is InChI=1S/C14H19NO5S/c1-10-7-15(14(2,3)8-18-10)21(16,17)11-4-5-12-13(6-11)20-9-19-12/h4-6,10H,7-9H2,1-3H3/t10-/m0/s1. The number of hydrogen-bond acceptors (Lipinski definition) is 5. The monoisotopic (exact) mass is 313 g/mol. The van der Waals surface area contributed by atoms with Gasteiger partial charge < -0.3 is 14.2 Å². The van der Waals surface area contributed by atoms with Gasteiger partial charge in [-0.25, -0.2) is 8.42 Å². The van der Waals surface area contributed by atoms with Gasteiger partial charge in [-0.15, -0.1) is 0 Å². The van der Waals surface area contributed by atoms with Crippen molar-refractivity contribution in [1.29, 1.82) is 0 Å². The molecule has 0 amide bonds. The third-order valence-corrected chi connectivity index (χ3v) is 5.82. The van der Waals surface area contributed by atoms with Crippen molar-refractivity contribution >= 4 is 10.0 Å². The lowest BCUT2D eigenvalue weighted by atomic mass is 10.1. The van der Waals surface area contributed by atoms with Crippen molar-refractivity contribution in [2.45, 2.75) is 37.3 Å². The van der Waals surface area contributed by atoms with Gasteiger partial charge in [0.05, 0.1) is 23.1 Å². The van der Waals surface area contributed by atoms with Crippen LogP contribution in [0.25, 0.3) is 0 Å². The molecule has 7 heteroatoms. The van der Waals surface area contributed by atoms with Crippen molar-refractivity contribution in [2.75, 3.05) is 19.9 Å². The van der Waals surface area contributed by atoms with Crippen LogP contribution in [-0.2, 0) is 14.8 Å². The Morgan fingerprint density at radius 1 is 1.24 bits per heavy atom. The molecule has 1 fully saturated rings. The lowest BCUT2D eigenvalue weighted by Crippen LogP contribution is -2.57. The van der Waals surface area contributed by atoms with E-state index >= 15 is 0 Å². The first-order valence-corrected chi connectivity index (χ1v) is 8.29. The molecule has 1 aromatic rings. The summed E-state index contributed by atoms with van der Waals surface area (Å²) in [5.74, 6) is 1.04. The fraction of sp³-hybridized carbons (Fsp3) is 0.571. The Hall–Kier alpha value is -1.31. The van der Waals surface area contributed by atoms with Crippen LogP contribution in [0.15, 0.2) is 23.1 Å². The number of rotatable bonds is 2. The molecule has 0 aliphatic carbocycles. The zero-order valence-electron chi connectivity index (χ0n) is 12.3. The largest absolute Gasteiger partial charge is 0.454 e. The summed E-state index contributed by atoms with van der Waals surface area (Å²) in [5, 5.41) is 0. The maximum Gasteiger partial charge on any atom is 0.243 e. The maximum absolute atomic E-state index is 12.9. The summed E-state index contributed by atoms with van der Waals surface area (Å²) in [4.78, 5) is 0.217. The van der Waals surface area contributed by atoms with E-state index in [1.54, 1.807) is 12.1 Å². The van der Waals surface area contributed by atoms with Crippen LogP contribution >= 0.6 is 0 Å². The minimum Gasteiger partial charge on any atom is -0.454 e. The van der Waals surface area contributed by atoms with Gasteiger partial charge >= 0.3 is 0 Å². The van der Waals surface area contributed by atoms with E-state index in [4.69, 9.17) is 14.2 Å². The highest BCUT2D eigenvalue weighted by Crippen LogP contribution is 2.36. The number of ether oxygens (including phenoxy) is 3. The van der Waals surface area contributed by atoms with Gasteiger partial charge in [-0.05, 0) is 32.9 Å². The molecule has 116 valence electrons. The SMILES string of the molecule is C[C@H]1CN(S(=O)(=O)c2ccc3c(c2)OCO3)C(C)(C)CO1. The van der Waals surface area contributed by atoms with Crippen molar-refractivity contribution in [1.82, 2.24) is 4.31 Å². The summed E-state index contributed by atoms with van der Waals surface area (Å²) < 4.78 is 43.4. The van der Waals surface area contributed by atoms with Gasteiger partial charge in [0, 0.05) is 12.6 Å². The Morgan fingerprint density at radius 3 is 2.71 bits per heavy atom. The molecule has 0 radical (unpaired) electrons. The Bertz CT molecular complexity index is 655. The van der Waals surface area contributed by atoms with E-state index in [1.807, 2.05) is 20.8 Å². The maximum atomic E-state index is 12.9. The predicted molar refractivity (Wildman–Crippen MR) is 75.9 cm³/mol. The van der Waals surface area contributed by atoms with Gasteiger partial charge in [0.1, 0.15) is 0 Å². The number of hydrogen-bond donors (Lipinski definition) is 0. The van der Waals surface area contributed by atoms with Crippen LogP contribution in [-0.4, -0.2) is 44.3 Å². The number of benzene rings is 1. The van der Waals surface area contributed by atoms with Crippen molar-refractivity contribution in [3.63, 3.8) is 0 Å². The van der Waals surface area contributed by atoms with Crippen molar-refractivity contribution in [2.24, 2.45) is 0 Å². The minimum atomic E-state index is -3.61. The van der Waals surface area contributed by atoms with Crippen molar-refractivity contribution < 1.29 is 22.6 Å². The van der Waals surface area contributed by atoms with E-state index in [0.29, 0.717) is 24.7 Å². The van der Waals surface area contributed by atoms with Gasteiger partial charge in [-0.2, -0.15) is 4.31 Å². The second-order valence-electron chi connectivity index (χ2n) is 5.99. The van der Waals surface area contributed by atoms with Gasteiger partial charge in [0.2, 0.25) is 16.8 Å². The summed E-state index contributed by atoms with van der Waals surface area (Å²) >= 11 is 0. The van der Waals surface area contributed by atoms with Gasteiger partial charge in [-0.1, -0.05) is 0 Å². The van der Waals surface area contributed by atoms with Crippen LogP contribution in [0, 0.1) is 0 Å². The quantitative estimate of drug-likeness (QED) is 0.830. The van der Waals surface area contributed by atoms with E-state index < -0.39 is 15.6 Å². The normalized spacial score (nSPS) is 25.0. The molecule has 1 saturated heterocycles. The first kappa shape index (κ1) is 14.6. The molecular weight excluding hydrogens is 294 g/mol. The Kier molecular flexibility index (Phi) is 3.38. The smallest absolute Gasteiger partial charge is 0.243 e. The molecule has 6 nitrogen and oxygen atoms in total. The molecule has 0 saturated carbocycles. The molecule has 21 heavy (non-hydrogen) atoms. The molecule has 3 rings (SSSR count). The zero-order valence-corrected chi connectivity index (χ0v) is 13.1. The molecule has 0 unspecified atom stereocenters. The van der Waals surface area contributed by atoms with Gasteiger partial charge in [0.15, 0.2) is 11.5 Å². The van der Waals surface area contributed by atoms with Gasteiger partial charge in [-0.3, -0.25) is 0 Å². The number of sulfonamides is 1. The number of morpholine rings is 1. The summed E-state index contributed by atoms with van der Waals surface area (Å²) in [5.41, 5.74) is -0.582. The minimum absolute atomic E-state index is 0.123. The van der Waals surface area contributed by atoms with Crippen LogP contribution < -0.4 is 9.47 Å². The van der Waals surface area contributed by atoms with Crippen LogP contribution in [0.5, 0.6) is 11.5 Å². The molecule has 0 spiro atoms. The summed E-state index contributed by atoms with van der Waals surface area (Å²) in [6.07, 6.45) is -0.123. The van der Waals surface area contributed by atoms with Crippen molar-refractivity contribution in [3.8, 4) is 11.5 Å². The van der Waals surface area contributed by atoms with Crippen molar-refractivity contribution in [3.05, 3.63) is 18.2 Å². The molecule has 1 aromatic carbocycles. The molecule has 0 N–H and O–H groups in total. The Labute approximate surface area is 124 Å². The lowest BCUT2D eigenvalue weighted by molar-refractivity contribution is -0.0551. The second-order valence-corrected chi connectivity index (χ2v) is 7.85. The first-order chi connectivity index (χ1) is 9.80. The van der Waals surface area contributed by atoms with E-state index in [0.717, 1.165) is 0 Å². The van der Waals surface area contributed by atoms with Crippen LogP contribution in [0.2, 0.25) is 0 Å². The fourth-order valence-electron chi connectivity index (χ4n) is 2.54. The molecule has 0 bridgehead atoms. The zero-order chi connectivity index (χ0) is 15.3. The Morgan fingerprint density at radius 2 is 1.95 bits per heavy atom. The Balaban J connectivity index is 1.99. The number of nitrogens with zero attached hydrogens (tertiary/aromatic N) is 1. The van der Waals surface area contributed by atoms with Crippen LogP contribution in [0.3, 0.4) is 0 Å². The molecule has 2 aliphatic rings. The molecule has 0 aromatic heterocycles. The highest BCUT2D eigenvalue weighted by atomic mass is 32.2. The van der Waals surface area contributed by atoms with Crippen LogP contribution in [0.4, 0.5) is 0 Å². The average molecular weight is 313 g/mol. The molecule has 2 heterocycles. The number of fused-ring (bicyclic) bond motifs is 1. The van der Waals surface area contributed by atoms with E-state index in [1.165, 1.54) is 10.4 Å². The molecule has 2 aliphatic heterocycles. The summed E-state index contributed by atoms with van der Waals surface area (Å²) in [6, 6.07) is 4.71. The highest BCUT2D eigenvalue weighted by Gasteiger charge is 2.42. The fourth-order valence-corrected chi connectivity index (χ4v) is 4.40. The highest BCUT2D eigenvalue weighted by molar-refractivity contribution is 7.89. The molecular formula is C14H19NO5S. The van der Waals surface area contributed by atoms with E-state index in [2.05, 4.69) is 0 Å². The third-order valence-electron chi connectivity index (χ3n) is 3.75. The van der Waals surface area contributed by atoms with E-state index in [9.17, 15) is 8.42 Å². The molecule has 1 atom stereocenters. The lowest BCUT2D eigenvalue weighted by Gasteiger charge is -2.43. The predicted octanol–water partition coefficient (Wildman–Crippen LogP) is 1.60. The second kappa shape index (κ2) is 4.86. The summed E-state index contributed by atoms with van der Waals surface area (Å²) in [7, 11) is -3.61. The third kappa shape index (κ3) is 2.49. The van der Waals surface area contributed by atoms with Crippen LogP contribution in [0.1, 0.15) is 20.8 Å². The van der Waals surface area contributed by atoms with Gasteiger partial charge in [0.25, 0.3) is 0 Å². The van der Waals surface area contributed by atoms with E-state index in [-0.39, 0.29) is 17.8 Å². The summed E-state index contributed by atoms with van der Waals surface area (Å²) in [6.45, 7) is 6.44. The topological polar surface area (TPSA) is 65.1 Å².